The quantitative estimate of drug-likeness (QED) is 0.800. The van der Waals surface area contributed by atoms with E-state index in [1.54, 1.807) is 19.1 Å². The number of hydrogen-bond acceptors (Lipinski definition) is 3. The summed E-state index contributed by atoms with van der Waals surface area (Å²) < 4.78 is 23.6. The molecule has 0 fully saturated rings. The number of hydrogen-bond donors (Lipinski definition) is 1. The van der Waals surface area contributed by atoms with E-state index >= 15 is 0 Å². The van der Waals surface area contributed by atoms with Crippen LogP contribution in [-0.2, 0) is 4.79 Å². The molecule has 116 valence electrons. The Morgan fingerprint density at radius 1 is 1.09 bits per heavy atom. The van der Waals surface area contributed by atoms with Crippen molar-refractivity contribution in [1.29, 1.82) is 0 Å². The third-order valence-corrected chi connectivity index (χ3v) is 2.91. The molecule has 1 atom stereocenters. The lowest BCUT2D eigenvalue weighted by atomic mass is 10.3. The molecule has 0 heterocycles. The fourth-order valence-corrected chi connectivity index (χ4v) is 1.77. The second kappa shape index (κ2) is 8.02. The molecule has 2 aromatic rings. The zero-order valence-electron chi connectivity index (χ0n) is 12.3. The molecule has 0 unspecified atom stereocenters. The van der Waals surface area contributed by atoms with E-state index in [1.807, 2.05) is 18.2 Å². The van der Waals surface area contributed by atoms with Gasteiger partial charge in [-0.3, -0.25) is 4.79 Å². The highest BCUT2D eigenvalue weighted by Crippen LogP contribution is 2.11. The molecule has 1 N–H and O–H groups in total. The molecule has 0 saturated heterocycles. The van der Waals surface area contributed by atoms with Crippen molar-refractivity contribution in [3.8, 4) is 11.5 Å². The second-order valence-electron chi connectivity index (χ2n) is 4.67. The Balaban J connectivity index is 1.67. The molecule has 0 aromatic heterocycles. The van der Waals surface area contributed by atoms with Gasteiger partial charge in [0.05, 0.1) is 6.54 Å². The molecule has 4 nitrogen and oxygen atoms in total. The minimum atomic E-state index is -0.590. The third kappa shape index (κ3) is 5.09. The molecule has 2 aromatic carbocycles. The first kappa shape index (κ1) is 15.8. The zero-order chi connectivity index (χ0) is 15.8. The van der Waals surface area contributed by atoms with E-state index < -0.39 is 6.10 Å². The molecule has 5 heteroatoms. The van der Waals surface area contributed by atoms with Crippen LogP contribution in [0.1, 0.15) is 6.92 Å². The van der Waals surface area contributed by atoms with Crippen LogP contribution in [0.3, 0.4) is 0 Å². The van der Waals surface area contributed by atoms with Gasteiger partial charge in [-0.05, 0) is 43.3 Å². The Bertz CT molecular complexity index is 587. The minimum absolute atomic E-state index is 0.216. The highest BCUT2D eigenvalue weighted by molar-refractivity contribution is 5.80. The molecule has 22 heavy (non-hydrogen) atoms. The number of carbonyl (C=O) groups excluding carboxylic acids is 1. The molecule has 0 aliphatic rings. The number of halogens is 1. The van der Waals surface area contributed by atoms with Crippen LogP contribution in [0.4, 0.5) is 4.39 Å². The van der Waals surface area contributed by atoms with Gasteiger partial charge in [-0.1, -0.05) is 18.2 Å². The maximum atomic E-state index is 12.7. The zero-order valence-corrected chi connectivity index (χ0v) is 12.3. The summed E-state index contributed by atoms with van der Waals surface area (Å²) in [5.41, 5.74) is 0. The Kier molecular flexibility index (Phi) is 5.77. The Morgan fingerprint density at radius 2 is 1.77 bits per heavy atom. The fraction of sp³-hybridized carbons (Fsp3) is 0.235. The van der Waals surface area contributed by atoms with Gasteiger partial charge in [-0.25, -0.2) is 4.39 Å². The van der Waals surface area contributed by atoms with Crippen molar-refractivity contribution in [3.63, 3.8) is 0 Å². The molecule has 0 spiro atoms. The van der Waals surface area contributed by atoms with Crippen LogP contribution < -0.4 is 14.8 Å². The average Bonchev–Trinajstić information content (AvgIpc) is 2.54. The van der Waals surface area contributed by atoms with E-state index in [1.165, 1.54) is 24.3 Å². The van der Waals surface area contributed by atoms with Crippen molar-refractivity contribution >= 4 is 5.91 Å². The largest absolute Gasteiger partial charge is 0.492 e. The maximum absolute atomic E-state index is 12.7. The van der Waals surface area contributed by atoms with Crippen LogP contribution in [-0.4, -0.2) is 25.2 Å². The van der Waals surface area contributed by atoms with E-state index in [9.17, 15) is 9.18 Å². The van der Waals surface area contributed by atoms with Gasteiger partial charge in [0.15, 0.2) is 6.10 Å². The predicted octanol–water partition coefficient (Wildman–Crippen LogP) is 2.79. The summed E-state index contributed by atoms with van der Waals surface area (Å²) in [6.07, 6.45) is -0.590. The first-order valence-corrected chi connectivity index (χ1v) is 7.03. The van der Waals surface area contributed by atoms with Gasteiger partial charge < -0.3 is 14.8 Å². The molecular formula is C17H18FNO3. The summed E-state index contributed by atoms with van der Waals surface area (Å²) in [7, 11) is 0. The van der Waals surface area contributed by atoms with E-state index in [2.05, 4.69) is 5.32 Å². The van der Waals surface area contributed by atoms with Gasteiger partial charge in [-0.2, -0.15) is 0 Å². The summed E-state index contributed by atoms with van der Waals surface area (Å²) in [6, 6.07) is 14.9. The van der Waals surface area contributed by atoms with Crippen molar-refractivity contribution in [2.24, 2.45) is 0 Å². The molecule has 0 bridgehead atoms. The molecule has 0 aliphatic heterocycles. The number of nitrogens with one attached hydrogen (secondary N) is 1. The molecular weight excluding hydrogens is 285 g/mol. The highest BCUT2D eigenvalue weighted by Gasteiger charge is 2.13. The van der Waals surface area contributed by atoms with Crippen LogP contribution in [0.25, 0.3) is 0 Å². The van der Waals surface area contributed by atoms with Gasteiger partial charge in [-0.15, -0.1) is 0 Å². The number of amides is 1. The first-order valence-electron chi connectivity index (χ1n) is 7.03. The van der Waals surface area contributed by atoms with Crippen LogP contribution in [0.5, 0.6) is 11.5 Å². The molecule has 0 radical (unpaired) electrons. The summed E-state index contributed by atoms with van der Waals surface area (Å²) in [6.45, 7) is 2.33. The lowest BCUT2D eigenvalue weighted by Crippen LogP contribution is -2.38. The molecule has 0 saturated carbocycles. The van der Waals surface area contributed by atoms with Gasteiger partial charge in [0.1, 0.15) is 23.9 Å². The van der Waals surface area contributed by atoms with Crippen molar-refractivity contribution in [2.45, 2.75) is 13.0 Å². The lowest BCUT2D eigenvalue weighted by Gasteiger charge is -2.14. The summed E-state index contributed by atoms with van der Waals surface area (Å²) in [5.74, 6) is 0.677. The van der Waals surface area contributed by atoms with Crippen LogP contribution in [0.15, 0.2) is 54.6 Å². The highest BCUT2D eigenvalue weighted by atomic mass is 19.1. The number of carbonyl (C=O) groups is 1. The smallest absolute Gasteiger partial charge is 0.260 e. The number of rotatable bonds is 7. The second-order valence-corrected chi connectivity index (χ2v) is 4.67. The summed E-state index contributed by atoms with van der Waals surface area (Å²) >= 11 is 0. The number of ether oxygens (including phenoxy) is 2. The van der Waals surface area contributed by atoms with Crippen molar-refractivity contribution in [1.82, 2.24) is 5.32 Å². The SMILES string of the molecule is C[C@H](Oc1ccccc1)C(=O)NCCOc1ccc(F)cc1. The average molecular weight is 303 g/mol. The minimum Gasteiger partial charge on any atom is -0.492 e. The van der Waals surface area contributed by atoms with E-state index in [4.69, 9.17) is 9.47 Å². The topological polar surface area (TPSA) is 47.6 Å². The molecule has 2 rings (SSSR count). The third-order valence-electron chi connectivity index (χ3n) is 2.91. The van der Waals surface area contributed by atoms with Gasteiger partial charge in [0, 0.05) is 0 Å². The van der Waals surface area contributed by atoms with Crippen molar-refractivity contribution < 1.29 is 18.7 Å². The maximum Gasteiger partial charge on any atom is 0.260 e. The fourth-order valence-electron chi connectivity index (χ4n) is 1.77. The normalized spacial score (nSPS) is 11.5. The standard InChI is InChI=1S/C17H18FNO3/c1-13(22-16-5-3-2-4-6-16)17(20)19-11-12-21-15-9-7-14(18)8-10-15/h2-10,13H,11-12H2,1H3,(H,19,20)/t13-/m0/s1. The van der Waals surface area contributed by atoms with Crippen LogP contribution in [0.2, 0.25) is 0 Å². The number of benzene rings is 2. The van der Waals surface area contributed by atoms with E-state index in [0.717, 1.165) is 0 Å². The summed E-state index contributed by atoms with van der Waals surface area (Å²) in [5, 5.41) is 2.72. The Labute approximate surface area is 128 Å². The first-order chi connectivity index (χ1) is 10.6. The lowest BCUT2D eigenvalue weighted by molar-refractivity contribution is -0.127. The van der Waals surface area contributed by atoms with E-state index in [0.29, 0.717) is 24.7 Å². The monoisotopic (exact) mass is 303 g/mol. The van der Waals surface area contributed by atoms with Crippen molar-refractivity contribution in [2.75, 3.05) is 13.2 Å². The molecule has 0 aliphatic carbocycles. The summed E-state index contributed by atoms with van der Waals surface area (Å²) in [4.78, 5) is 11.9. The van der Waals surface area contributed by atoms with Gasteiger partial charge in [0.2, 0.25) is 0 Å². The predicted molar refractivity (Wildman–Crippen MR) is 81.4 cm³/mol. The van der Waals surface area contributed by atoms with Gasteiger partial charge >= 0.3 is 0 Å². The van der Waals surface area contributed by atoms with Gasteiger partial charge in [0.25, 0.3) is 5.91 Å². The van der Waals surface area contributed by atoms with Crippen molar-refractivity contribution in [3.05, 3.63) is 60.4 Å². The Morgan fingerprint density at radius 3 is 2.45 bits per heavy atom. The van der Waals surface area contributed by atoms with Crippen LogP contribution >= 0.6 is 0 Å². The Hall–Kier alpha value is -2.56. The van der Waals surface area contributed by atoms with E-state index in [-0.39, 0.29) is 11.7 Å². The number of para-hydroxylation sites is 1. The van der Waals surface area contributed by atoms with Crippen LogP contribution in [0, 0.1) is 5.82 Å². The molecule has 1 amide bonds.